The number of hydrogen-bond acceptors (Lipinski definition) is 6. The number of rotatable bonds is 7. The first-order chi connectivity index (χ1) is 16.6. The number of pyridine rings is 1. The maximum Gasteiger partial charge on any atom is 0.248 e. The number of hydrogen-bond donors (Lipinski definition) is 0. The van der Waals surface area contributed by atoms with Gasteiger partial charge in [-0.05, 0) is 61.1 Å². The molecule has 0 radical (unpaired) electrons. The van der Waals surface area contributed by atoms with E-state index < -0.39 is 10.0 Å². The minimum absolute atomic E-state index is 0.0715. The Labute approximate surface area is 212 Å². The lowest BCUT2D eigenvalue weighted by molar-refractivity contribution is 0.102. The van der Waals surface area contributed by atoms with Crippen molar-refractivity contribution >= 4 is 27.1 Å². The Morgan fingerprint density at radius 3 is 2.66 bits per heavy atom. The number of benzene rings is 1. The summed E-state index contributed by atoms with van der Waals surface area (Å²) in [4.78, 5) is 17.9. The van der Waals surface area contributed by atoms with Crippen molar-refractivity contribution in [2.75, 3.05) is 6.54 Å². The summed E-state index contributed by atoms with van der Waals surface area (Å²) in [7, 11) is -3.77. The maximum absolute atomic E-state index is 13.6. The molecule has 0 aliphatic carbocycles. The fourth-order valence-electron chi connectivity index (χ4n) is 4.53. The van der Waals surface area contributed by atoms with Crippen LogP contribution >= 0.6 is 11.3 Å². The summed E-state index contributed by atoms with van der Waals surface area (Å²) in [5, 5.41) is 0. The van der Waals surface area contributed by atoms with Crippen molar-refractivity contribution in [3.05, 3.63) is 75.2 Å². The van der Waals surface area contributed by atoms with Gasteiger partial charge in [-0.3, -0.25) is 9.78 Å². The van der Waals surface area contributed by atoms with Gasteiger partial charge in [0.25, 0.3) is 0 Å². The fourth-order valence-corrected chi connectivity index (χ4v) is 7.25. The van der Waals surface area contributed by atoms with Crippen molar-refractivity contribution < 1.29 is 17.9 Å². The second-order valence-electron chi connectivity index (χ2n) is 9.43. The Hall–Kier alpha value is -2.55. The number of Topliss-reactive ketones (excluding diaryl/α,β-unsaturated/α-hetero) is 1. The highest BCUT2D eigenvalue weighted by atomic mass is 32.2. The Morgan fingerprint density at radius 2 is 2.00 bits per heavy atom. The van der Waals surface area contributed by atoms with Crippen molar-refractivity contribution in [3.8, 4) is 5.75 Å². The van der Waals surface area contributed by atoms with Crippen molar-refractivity contribution in [2.45, 2.75) is 64.5 Å². The van der Waals surface area contributed by atoms with Gasteiger partial charge in [0.2, 0.25) is 10.0 Å². The van der Waals surface area contributed by atoms with E-state index in [2.05, 4.69) is 37.0 Å². The molecular formula is C27H32N2O4S2. The van der Waals surface area contributed by atoms with Gasteiger partial charge in [-0.2, -0.15) is 4.31 Å². The van der Waals surface area contributed by atoms with Crippen LogP contribution in [-0.2, 0) is 16.6 Å². The summed E-state index contributed by atoms with van der Waals surface area (Å²) in [6.45, 7) is 10.5. The molecule has 6 nitrogen and oxygen atoms in total. The third-order valence-corrected chi connectivity index (χ3v) is 9.64. The highest BCUT2D eigenvalue weighted by Gasteiger charge is 2.35. The highest BCUT2D eigenvalue weighted by Crippen LogP contribution is 2.38. The zero-order valence-corrected chi connectivity index (χ0v) is 22.4. The fraction of sp³-hybridized carbons (Fsp3) is 0.407. The molecule has 1 aliphatic rings. The second kappa shape index (κ2) is 10.2. The van der Waals surface area contributed by atoms with Crippen LogP contribution < -0.4 is 4.74 Å². The molecule has 0 spiro atoms. The van der Waals surface area contributed by atoms with Gasteiger partial charge in [0, 0.05) is 23.5 Å². The molecule has 3 aromatic rings. The molecule has 0 amide bonds. The number of ketones is 1. The average molecular weight is 513 g/mol. The Morgan fingerprint density at radius 1 is 1.23 bits per heavy atom. The predicted molar refractivity (Wildman–Crippen MR) is 139 cm³/mol. The maximum atomic E-state index is 13.6. The first-order valence-electron chi connectivity index (χ1n) is 11.9. The van der Waals surface area contributed by atoms with Crippen LogP contribution in [0.15, 0.2) is 53.7 Å². The summed E-state index contributed by atoms with van der Waals surface area (Å²) >= 11 is 1.54. The first kappa shape index (κ1) is 25.5. The number of carbonyl (C=O) groups is 1. The molecule has 0 saturated heterocycles. The van der Waals surface area contributed by atoms with Crippen LogP contribution in [0.5, 0.6) is 5.75 Å². The topological polar surface area (TPSA) is 76.6 Å². The van der Waals surface area contributed by atoms with E-state index in [9.17, 15) is 13.2 Å². The SMILES string of the molecule is CC[C@@H]1CN(Cc2cc([C@@H](c3ccc(C(C)=O)s3)C(C)C)ccc2C)S(=O)(=O)c2cnccc2O1. The zero-order chi connectivity index (χ0) is 25.3. The smallest absolute Gasteiger partial charge is 0.248 e. The summed E-state index contributed by atoms with van der Waals surface area (Å²) in [6, 6.07) is 11.9. The standard InChI is InChI=1S/C27H32N2O4S2/c1-6-22-16-29(35(31,32)26-14-28-12-11-23(26)33-22)15-21-13-20(8-7-18(21)4)27(17(2)3)25-10-9-24(34-25)19(5)30/h7-14,17,22,27H,6,15-16H2,1-5H3/t22-,27+/m1/s1. The van der Waals surface area contributed by atoms with Crippen molar-refractivity contribution in [1.29, 1.82) is 0 Å². The summed E-state index contributed by atoms with van der Waals surface area (Å²) in [5.74, 6) is 0.854. The molecule has 8 heteroatoms. The number of carbonyl (C=O) groups excluding carboxylic acids is 1. The number of aromatic nitrogens is 1. The van der Waals surface area contributed by atoms with E-state index in [0.29, 0.717) is 18.1 Å². The Balaban J connectivity index is 1.72. The number of sulfonamides is 1. The van der Waals surface area contributed by atoms with Gasteiger partial charge in [-0.1, -0.05) is 39.0 Å². The minimum Gasteiger partial charge on any atom is -0.488 e. The molecular weight excluding hydrogens is 480 g/mol. The van der Waals surface area contributed by atoms with Crippen LogP contribution in [0.3, 0.4) is 0 Å². The quantitative estimate of drug-likeness (QED) is 0.374. The lowest BCUT2D eigenvalue weighted by Crippen LogP contribution is -2.36. The average Bonchev–Trinajstić information content (AvgIpc) is 3.26. The Bertz CT molecular complexity index is 1330. The van der Waals surface area contributed by atoms with Gasteiger partial charge in [0.15, 0.2) is 5.78 Å². The van der Waals surface area contributed by atoms with Crippen LogP contribution in [0, 0.1) is 12.8 Å². The molecule has 0 saturated carbocycles. The lowest BCUT2D eigenvalue weighted by atomic mass is 9.85. The molecule has 2 aromatic heterocycles. The molecule has 4 rings (SSSR count). The molecule has 1 aromatic carbocycles. The van der Waals surface area contributed by atoms with Crippen LogP contribution in [0.4, 0.5) is 0 Å². The molecule has 2 atom stereocenters. The van der Waals surface area contributed by atoms with Crippen LogP contribution in [0.1, 0.15) is 71.3 Å². The van der Waals surface area contributed by atoms with Gasteiger partial charge < -0.3 is 4.74 Å². The molecule has 1 aliphatic heterocycles. The first-order valence-corrected chi connectivity index (χ1v) is 14.2. The van der Waals surface area contributed by atoms with E-state index >= 15 is 0 Å². The molecule has 0 unspecified atom stereocenters. The van der Waals surface area contributed by atoms with Crippen molar-refractivity contribution in [2.24, 2.45) is 5.92 Å². The Kier molecular flexibility index (Phi) is 7.45. The normalized spacial score (nSPS) is 18.5. The summed E-state index contributed by atoms with van der Waals surface area (Å²) in [5.41, 5.74) is 3.11. The summed E-state index contributed by atoms with van der Waals surface area (Å²) in [6.07, 6.45) is 3.38. The predicted octanol–water partition coefficient (Wildman–Crippen LogP) is 5.80. The monoisotopic (exact) mass is 512 g/mol. The molecule has 35 heavy (non-hydrogen) atoms. The van der Waals surface area contributed by atoms with Crippen molar-refractivity contribution in [1.82, 2.24) is 9.29 Å². The largest absolute Gasteiger partial charge is 0.488 e. The molecule has 186 valence electrons. The number of thiophene rings is 1. The van der Waals surface area contributed by atoms with Gasteiger partial charge in [-0.25, -0.2) is 8.42 Å². The van der Waals surface area contributed by atoms with Gasteiger partial charge in [0.1, 0.15) is 16.7 Å². The molecule has 0 N–H and O–H groups in total. The zero-order valence-electron chi connectivity index (χ0n) is 20.8. The van der Waals surface area contributed by atoms with E-state index in [0.717, 1.165) is 26.4 Å². The number of aryl methyl sites for hydroxylation is 1. The van der Waals surface area contributed by atoms with Gasteiger partial charge >= 0.3 is 0 Å². The lowest BCUT2D eigenvalue weighted by Gasteiger charge is -2.25. The third-order valence-electron chi connectivity index (χ3n) is 6.55. The van der Waals surface area contributed by atoms with Crippen LogP contribution in [0.2, 0.25) is 0 Å². The van der Waals surface area contributed by atoms with Gasteiger partial charge in [0.05, 0.1) is 17.6 Å². The highest BCUT2D eigenvalue weighted by molar-refractivity contribution is 7.89. The summed E-state index contributed by atoms with van der Waals surface area (Å²) < 4.78 is 34.7. The number of ether oxygens (including phenoxy) is 1. The van der Waals surface area contributed by atoms with Crippen LogP contribution in [-0.4, -0.2) is 36.1 Å². The third kappa shape index (κ3) is 5.20. The van der Waals surface area contributed by atoms with E-state index in [1.165, 1.54) is 21.8 Å². The number of fused-ring (bicyclic) bond motifs is 1. The van der Waals surface area contributed by atoms with E-state index in [1.54, 1.807) is 19.2 Å². The van der Waals surface area contributed by atoms with Gasteiger partial charge in [-0.15, -0.1) is 11.3 Å². The number of nitrogens with zero attached hydrogens (tertiary/aromatic N) is 2. The van der Waals surface area contributed by atoms with E-state index in [1.807, 2.05) is 26.0 Å². The van der Waals surface area contributed by atoms with Crippen molar-refractivity contribution in [3.63, 3.8) is 0 Å². The molecule has 3 heterocycles. The van der Waals surface area contributed by atoms with E-state index in [4.69, 9.17) is 4.74 Å². The minimum atomic E-state index is -3.77. The van der Waals surface area contributed by atoms with E-state index in [-0.39, 0.29) is 35.8 Å². The molecule has 0 bridgehead atoms. The molecule has 0 fully saturated rings. The van der Waals surface area contributed by atoms with Crippen LogP contribution in [0.25, 0.3) is 0 Å². The second-order valence-corrected chi connectivity index (χ2v) is 12.5.